The van der Waals surface area contributed by atoms with Crippen LogP contribution in [0.15, 0.2) is 5.38 Å². The fourth-order valence-electron chi connectivity index (χ4n) is 4.24. The normalized spacial score (nSPS) is 10.7. The molecule has 240 valence electrons. The Morgan fingerprint density at radius 1 is 0.467 bits per heavy atom. The van der Waals surface area contributed by atoms with Crippen LogP contribution in [0.25, 0.3) is 40.9 Å². The van der Waals surface area contributed by atoms with E-state index in [1.54, 1.807) is 22.7 Å². The second-order valence-corrected chi connectivity index (χ2v) is 17.1. The highest BCUT2D eigenvalue weighted by atomic mass is 32.1. The highest BCUT2D eigenvalue weighted by molar-refractivity contribution is 7.22. The van der Waals surface area contributed by atoms with Crippen LogP contribution in [0, 0.1) is 20.8 Å². The summed E-state index contributed by atoms with van der Waals surface area (Å²) in [6.07, 6.45) is 4.36. The number of hydrogen-bond acceptors (Lipinski definition) is 16. The molecule has 0 unspecified atom stereocenters. The highest BCUT2D eigenvalue weighted by Gasteiger charge is 2.13. The van der Waals surface area contributed by atoms with Gasteiger partial charge in [-0.1, -0.05) is 59.5 Å². The van der Waals surface area contributed by atoms with Gasteiger partial charge in [-0.3, -0.25) is 0 Å². The van der Waals surface area contributed by atoms with Crippen molar-refractivity contribution in [3.05, 3.63) is 39.5 Å². The van der Waals surface area contributed by atoms with E-state index in [1.165, 1.54) is 99.1 Å². The number of aromatic nitrogens is 8. The van der Waals surface area contributed by atoms with Gasteiger partial charge >= 0.3 is 0 Å². The molecule has 8 aromatic heterocycles. The molecule has 0 saturated heterocycles. The number of hydrogen-bond donors (Lipinski definition) is 0. The third-order valence-corrected chi connectivity index (χ3v) is 15.1. The topological polar surface area (TPSA) is 103 Å². The molecular formula is C29H36N8S8. The molecule has 0 aromatic carbocycles. The zero-order chi connectivity index (χ0) is 32.5. The van der Waals surface area contributed by atoms with Crippen LogP contribution in [0.5, 0.6) is 0 Å². The van der Waals surface area contributed by atoms with Gasteiger partial charge in [0.2, 0.25) is 0 Å². The van der Waals surface area contributed by atoms with Gasteiger partial charge in [-0.05, 0) is 92.6 Å². The molecule has 0 N–H and O–H groups in total. The number of nitrogens with zero attached hydrogens (tertiary/aromatic N) is 8. The summed E-state index contributed by atoms with van der Waals surface area (Å²) in [6.45, 7) is 19.0. The van der Waals surface area contributed by atoms with Crippen molar-refractivity contribution in [1.82, 2.24) is 38.3 Å². The van der Waals surface area contributed by atoms with E-state index in [0.29, 0.717) is 0 Å². The quantitative estimate of drug-likeness (QED) is 0.175. The van der Waals surface area contributed by atoms with E-state index >= 15 is 0 Å². The maximum Gasteiger partial charge on any atom is 0.120 e. The Morgan fingerprint density at radius 2 is 0.911 bits per heavy atom. The van der Waals surface area contributed by atoms with Crippen LogP contribution in [0.2, 0.25) is 0 Å². The molecule has 0 radical (unpaired) electrons. The van der Waals surface area contributed by atoms with E-state index in [-0.39, 0.29) is 0 Å². The van der Waals surface area contributed by atoms with Gasteiger partial charge in [0.1, 0.15) is 22.1 Å². The van der Waals surface area contributed by atoms with Gasteiger partial charge < -0.3 is 0 Å². The molecule has 0 aliphatic heterocycles. The Balaban J connectivity index is 0.000000135. The Hall–Kier alpha value is -1.92. The molecule has 0 aliphatic carbocycles. The zero-order valence-corrected chi connectivity index (χ0v) is 33.3. The zero-order valence-electron chi connectivity index (χ0n) is 26.7. The second kappa shape index (κ2) is 17.3. The molecule has 8 nitrogen and oxygen atoms in total. The fourth-order valence-corrected chi connectivity index (χ4v) is 11.6. The van der Waals surface area contributed by atoms with Gasteiger partial charge in [0, 0.05) is 39.5 Å². The van der Waals surface area contributed by atoms with Gasteiger partial charge in [0.15, 0.2) is 0 Å². The minimum Gasteiger partial charge on any atom is -0.145 e. The number of fused-ring (bicyclic) bond motifs is 4. The molecule has 0 fully saturated rings. The van der Waals surface area contributed by atoms with Crippen LogP contribution < -0.4 is 0 Å². The molecule has 16 heteroatoms. The molecule has 8 rings (SSSR count). The molecule has 0 atom stereocenters. The van der Waals surface area contributed by atoms with Crippen LogP contribution in [-0.4, -0.2) is 38.3 Å². The summed E-state index contributed by atoms with van der Waals surface area (Å²) in [7, 11) is 0. The first kappa shape index (κ1) is 35.9. The van der Waals surface area contributed by atoms with Crippen molar-refractivity contribution < 1.29 is 0 Å². The summed E-state index contributed by atoms with van der Waals surface area (Å²) in [5.41, 5.74) is 4.42. The van der Waals surface area contributed by atoms with Crippen molar-refractivity contribution in [2.75, 3.05) is 0 Å². The van der Waals surface area contributed by atoms with Crippen molar-refractivity contribution >= 4 is 132 Å². The average Bonchev–Trinajstić information content (AvgIpc) is 3.90. The van der Waals surface area contributed by atoms with Crippen molar-refractivity contribution in [3.8, 4) is 0 Å². The fraction of sp³-hybridized carbons (Fsp3) is 0.448. The summed E-state index contributed by atoms with van der Waals surface area (Å²) in [4.78, 5) is 9.59. The SMILES string of the molecule is CC.CCc1sc(CC)c2snnc12.CCc1sc(CC)c2snnc12.Cc1sc(C)c2snnc12.Cc1scc2nnsc12. The molecule has 0 spiro atoms. The monoisotopic (exact) mass is 752 g/mol. The Kier molecular flexibility index (Phi) is 13.8. The number of aryl methyl sites for hydroxylation is 7. The van der Waals surface area contributed by atoms with E-state index in [9.17, 15) is 0 Å². The lowest BCUT2D eigenvalue weighted by molar-refractivity contribution is 1.15. The molecule has 0 saturated carbocycles. The summed E-state index contributed by atoms with van der Waals surface area (Å²) < 4.78 is 20.8. The van der Waals surface area contributed by atoms with E-state index in [2.05, 4.69) is 86.8 Å². The third kappa shape index (κ3) is 8.15. The first-order valence-corrected chi connectivity index (χ1v) is 21.1. The van der Waals surface area contributed by atoms with Gasteiger partial charge in [0.05, 0.1) is 18.8 Å². The predicted molar refractivity (Wildman–Crippen MR) is 204 cm³/mol. The Bertz CT molecular complexity index is 1870. The van der Waals surface area contributed by atoms with Crippen LogP contribution in [0.4, 0.5) is 0 Å². The lowest BCUT2D eigenvalue weighted by Crippen LogP contribution is -1.72. The number of thiophene rings is 4. The smallest absolute Gasteiger partial charge is 0.120 e. The summed E-state index contributed by atoms with van der Waals surface area (Å²) in [6, 6.07) is 0. The molecule has 45 heavy (non-hydrogen) atoms. The second-order valence-electron chi connectivity index (χ2n) is 9.16. The van der Waals surface area contributed by atoms with Crippen LogP contribution in [0.1, 0.15) is 75.7 Å². The Morgan fingerprint density at radius 3 is 1.38 bits per heavy atom. The van der Waals surface area contributed by atoms with Crippen molar-refractivity contribution in [2.24, 2.45) is 0 Å². The van der Waals surface area contributed by atoms with Crippen LogP contribution >= 0.6 is 91.5 Å². The highest BCUT2D eigenvalue weighted by Crippen LogP contribution is 2.34. The molecule has 8 heterocycles. The van der Waals surface area contributed by atoms with E-state index in [1.807, 2.05) is 41.9 Å². The third-order valence-electron chi connectivity index (χ3n) is 6.42. The van der Waals surface area contributed by atoms with Crippen molar-refractivity contribution in [2.45, 2.75) is 88.0 Å². The molecule has 0 bridgehead atoms. The van der Waals surface area contributed by atoms with Gasteiger partial charge in [0.25, 0.3) is 0 Å². The van der Waals surface area contributed by atoms with E-state index in [0.717, 1.165) is 47.8 Å². The first-order chi connectivity index (χ1) is 21.9. The van der Waals surface area contributed by atoms with E-state index in [4.69, 9.17) is 0 Å². The van der Waals surface area contributed by atoms with Gasteiger partial charge in [-0.15, -0.1) is 65.7 Å². The summed E-state index contributed by atoms with van der Waals surface area (Å²) in [5, 5.41) is 18.2. The lowest BCUT2D eigenvalue weighted by Gasteiger charge is -1.85. The van der Waals surface area contributed by atoms with Crippen molar-refractivity contribution in [1.29, 1.82) is 0 Å². The minimum atomic E-state index is 1.04. The van der Waals surface area contributed by atoms with E-state index < -0.39 is 0 Å². The summed E-state index contributed by atoms with van der Waals surface area (Å²) in [5.74, 6) is 0. The maximum atomic E-state index is 4.14. The summed E-state index contributed by atoms with van der Waals surface area (Å²) >= 11 is 13.3. The standard InChI is InChI=1S/2C8H10N2S2.C6H6N2S2.C5H4N2S2.C2H6/c2*1-3-5-7-8(12-10-9-7)6(4-2)11-5;1-3-5-6(4(2)9-3)10-8-7-5;1-3-5-4(2-8-3)6-7-9-5;1-2/h2*3-4H2,1-2H3;1-2H3;2H,1H3;1-2H3. The molecular weight excluding hydrogens is 717 g/mol. The lowest BCUT2D eigenvalue weighted by atomic mass is 10.3. The molecule has 0 aliphatic rings. The van der Waals surface area contributed by atoms with Crippen molar-refractivity contribution in [3.63, 3.8) is 0 Å². The van der Waals surface area contributed by atoms with Gasteiger partial charge in [-0.25, -0.2) is 0 Å². The molecule has 0 amide bonds. The Labute approximate surface area is 295 Å². The molecule has 8 aromatic rings. The van der Waals surface area contributed by atoms with Crippen LogP contribution in [0.3, 0.4) is 0 Å². The average molecular weight is 753 g/mol. The minimum absolute atomic E-state index is 1.04. The van der Waals surface area contributed by atoms with Gasteiger partial charge in [-0.2, -0.15) is 0 Å². The maximum absolute atomic E-state index is 4.14. The predicted octanol–water partition coefficient (Wildman–Crippen LogP) is 11.2. The largest absolute Gasteiger partial charge is 0.145 e. The van der Waals surface area contributed by atoms with Crippen LogP contribution in [-0.2, 0) is 25.7 Å². The number of rotatable bonds is 4. The first-order valence-electron chi connectivity index (χ1n) is 14.7.